The Morgan fingerprint density at radius 1 is 1.18 bits per heavy atom. The Hall–Kier alpha value is -2.58. The fourth-order valence-electron chi connectivity index (χ4n) is 4.92. The molecule has 0 saturated heterocycles. The smallest absolute Gasteiger partial charge is 0.361 e. The molecule has 0 unspecified atom stereocenters. The van der Waals surface area contributed by atoms with Crippen LogP contribution in [-0.4, -0.2) is 33.5 Å². The Balaban J connectivity index is 0.00000193. The van der Waals surface area contributed by atoms with Gasteiger partial charge in [0.15, 0.2) is 5.69 Å². The molecule has 2 aromatic heterocycles. The number of hydrogen-bond donors (Lipinski definition) is 1. The number of amides is 1. The molecule has 2 aromatic rings. The molecule has 0 bridgehead atoms. The van der Waals surface area contributed by atoms with E-state index in [9.17, 15) is 18.0 Å². The molecule has 4 rings (SSSR count). The van der Waals surface area contributed by atoms with E-state index < -0.39 is 11.9 Å². The summed E-state index contributed by atoms with van der Waals surface area (Å²) in [5.74, 6) is 0.998. The largest absolute Gasteiger partial charge is 0.434 e. The molecule has 0 spiro atoms. The summed E-state index contributed by atoms with van der Waals surface area (Å²) < 4.78 is 39.6. The molecule has 1 saturated carbocycles. The second kappa shape index (κ2) is 10.8. The van der Waals surface area contributed by atoms with Gasteiger partial charge >= 0.3 is 6.18 Å². The predicted octanol–water partition coefficient (Wildman–Crippen LogP) is 6.20. The fraction of sp³-hybridized carbons (Fsp3) is 0.640. The molecule has 1 atom stereocenters. The van der Waals surface area contributed by atoms with E-state index in [1.165, 1.54) is 10.9 Å². The number of pyridine rings is 1. The Labute approximate surface area is 202 Å². The summed E-state index contributed by atoms with van der Waals surface area (Å²) in [7, 11) is 1.95. The van der Waals surface area contributed by atoms with Gasteiger partial charge in [-0.25, -0.2) is 4.98 Å². The molecule has 1 aliphatic heterocycles. The van der Waals surface area contributed by atoms with Crippen LogP contribution in [0.1, 0.15) is 66.1 Å². The summed E-state index contributed by atoms with van der Waals surface area (Å²) in [6.45, 7) is 6.54. The number of carbonyl (C=O) groups excluding carboxylic acids is 1. The van der Waals surface area contributed by atoms with Gasteiger partial charge in [-0.1, -0.05) is 36.1 Å². The van der Waals surface area contributed by atoms with Crippen LogP contribution in [0.3, 0.4) is 0 Å². The highest BCUT2D eigenvalue weighted by molar-refractivity contribution is 6.04. The molecule has 0 aromatic carbocycles. The zero-order chi connectivity index (χ0) is 22.5. The Bertz CT molecular complexity index is 979. The van der Waals surface area contributed by atoms with E-state index in [2.05, 4.69) is 16.4 Å². The van der Waals surface area contributed by atoms with E-state index in [1.54, 1.807) is 0 Å². The SMILES string of the molecule is C.C.C.Cc1nc(CC2CC(Cn3cnc(C(F)(F)F)c3)C2)cc2c1NC(=O)[C@H](C(C)C)N2C. The molecule has 0 radical (unpaired) electrons. The van der Waals surface area contributed by atoms with Crippen LogP contribution < -0.4 is 10.2 Å². The molecule has 2 aliphatic rings. The molecule has 1 N–H and O–H groups in total. The zero-order valence-electron chi connectivity index (χ0n) is 18.2. The molecular weight excluding hydrogens is 443 g/mol. The number of halogens is 3. The van der Waals surface area contributed by atoms with Crippen molar-refractivity contribution >= 4 is 17.3 Å². The van der Waals surface area contributed by atoms with Gasteiger partial charge in [0.2, 0.25) is 5.91 Å². The van der Waals surface area contributed by atoms with Crippen molar-refractivity contribution in [1.82, 2.24) is 14.5 Å². The third-order valence-corrected chi connectivity index (χ3v) is 6.40. The van der Waals surface area contributed by atoms with Crippen molar-refractivity contribution in [2.45, 2.75) is 81.1 Å². The summed E-state index contributed by atoms with van der Waals surface area (Å²) in [6, 6.07) is 1.85. The van der Waals surface area contributed by atoms with Crippen LogP contribution >= 0.6 is 0 Å². The number of aromatic nitrogens is 3. The van der Waals surface area contributed by atoms with Crippen molar-refractivity contribution in [2.75, 3.05) is 17.3 Å². The molecule has 192 valence electrons. The van der Waals surface area contributed by atoms with Gasteiger partial charge in [-0.3, -0.25) is 9.78 Å². The highest BCUT2D eigenvalue weighted by Crippen LogP contribution is 2.40. The lowest BCUT2D eigenvalue weighted by atomic mass is 9.72. The minimum atomic E-state index is -4.40. The lowest BCUT2D eigenvalue weighted by Crippen LogP contribution is -2.49. The van der Waals surface area contributed by atoms with Crippen molar-refractivity contribution in [3.63, 3.8) is 0 Å². The van der Waals surface area contributed by atoms with Crippen LogP contribution in [0.4, 0.5) is 24.5 Å². The molecule has 34 heavy (non-hydrogen) atoms. The van der Waals surface area contributed by atoms with Crippen LogP contribution in [0.2, 0.25) is 0 Å². The third kappa shape index (κ3) is 5.73. The number of rotatable bonds is 5. The average Bonchev–Trinajstić information content (AvgIpc) is 3.10. The molecule has 1 fully saturated rings. The maximum absolute atomic E-state index is 12.7. The first-order chi connectivity index (χ1) is 14.5. The highest BCUT2D eigenvalue weighted by Gasteiger charge is 2.36. The van der Waals surface area contributed by atoms with Crippen molar-refractivity contribution < 1.29 is 18.0 Å². The molecular formula is C25H40F3N5O. The molecule has 1 amide bonds. The second-order valence-corrected chi connectivity index (χ2v) is 9.24. The molecule has 9 heteroatoms. The van der Waals surface area contributed by atoms with Gasteiger partial charge in [0.25, 0.3) is 0 Å². The maximum Gasteiger partial charge on any atom is 0.434 e. The van der Waals surface area contributed by atoms with Gasteiger partial charge in [-0.05, 0) is 50.0 Å². The number of likely N-dealkylation sites (N-methyl/N-ethyl adjacent to an activating group) is 1. The van der Waals surface area contributed by atoms with Crippen LogP contribution in [0.5, 0.6) is 0 Å². The molecule has 1 aliphatic carbocycles. The van der Waals surface area contributed by atoms with Crippen LogP contribution in [0.15, 0.2) is 18.6 Å². The summed E-state index contributed by atoms with van der Waals surface area (Å²) >= 11 is 0. The Kier molecular flexibility index (Phi) is 9.34. The third-order valence-electron chi connectivity index (χ3n) is 6.40. The first-order valence-corrected chi connectivity index (χ1v) is 10.7. The number of alkyl halides is 3. The van der Waals surface area contributed by atoms with Gasteiger partial charge in [0, 0.05) is 25.5 Å². The zero-order valence-corrected chi connectivity index (χ0v) is 18.2. The molecule has 3 heterocycles. The summed E-state index contributed by atoms with van der Waals surface area (Å²) in [5, 5.41) is 3.01. The molecule has 6 nitrogen and oxygen atoms in total. The first kappa shape index (κ1) is 29.5. The van der Waals surface area contributed by atoms with E-state index in [4.69, 9.17) is 4.98 Å². The average molecular weight is 484 g/mol. The minimum Gasteiger partial charge on any atom is -0.361 e. The lowest BCUT2D eigenvalue weighted by molar-refractivity contribution is -0.141. The van der Waals surface area contributed by atoms with E-state index in [0.29, 0.717) is 18.4 Å². The Morgan fingerprint density at radius 2 is 1.82 bits per heavy atom. The van der Waals surface area contributed by atoms with Crippen molar-refractivity contribution in [3.8, 4) is 0 Å². The van der Waals surface area contributed by atoms with Gasteiger partial charge in [-0.2, -0.15) is 13.2 Å². The fourth-order valence-corrected chi connectivity index (χ4v) is 4.92. The summed E-state index contributed by atoms with van der Waals surface area (Å²) in [4.78, 5) is 22.7. The van der Waals surface area contributed by atoms with Gasteiger partial charge < -0.3 is 14.8 Å². The van der Waals surface area contributed by atoms with E-state index >= 15 is 0 Å². The monoisotopic (exact) mass is 483 g/mol. The van der Waals surface area contributed by atoms with Gasteiger partial charge in [0.05, 0.1) is 23.4 Å². The quantitative estimate of drug-likeness (QED) is 0.550. The van der Waals surface area contributed by atoms with Gasteiger partial charge in [0.1, 0.15) is 6.04 Å². The van der Waals surface area contributed by atoms with Crippen molar-refractivity contribution in [2.24, 2.45) is 17.8 Å². The number of carbonyl (C=O) groups is 1. The van der Waals surface area contributed by atoms with Gasteiger partial charge in [-0.15, -0.1) is 0 Å². The normalized spacial score (nSPS) is 21.5. The second-order valence-electron chi connectivity index (χ2n) is 9.24. The maximum atomic E-state index is 12.7. The van der Waals surface area contributed by atoms with Crippen LogP contribution in [0, 0.1) is 24.7 Å². The predicted molar refractivity (Wildman–Crippen MR) is 132 cm³/mol. The first-order valence-electron chi connectivity index (χ1n) is 10.7. The number of hydrogen-bond acceptors (Lipinski definition) is 4. The summed E-state index contributed by atoms with van der Waals surface area (Å²) in [5.41, 5.74) is 2.74. The van der Waals surface area contributed by atoms with E-state index in [0.717, 1.165) is 48.2 Å². The Morgan fingerprint density at radius 3 is 2.38 bits per heavy atom. The number of aryl methyl sites for hydroxylation is 1. The minimum absolute atomic E-state index is 0. The van der Waals surface area contributed by atoms with Crippen LogP contribution in [0.25, 0.3) is 0 Å². The number of anilines is 2. The number of imidazole rings is 1. The standard InChI is InChI=1S/C22H28F3N5O.3CH4/c1-12(2)20-21(31)28-19-13(3)27-16(8-17(19)29(20)4)7-14-5-15(6-14)9-30-10-18(26-11-30)22(23,24)25;;;/h8,10-12,14-15,20H,5-7,9H2,1-4H3,(H,28,31);3*1H4/t14?,15?,20-;;;/m0.../s1. The number of nitrogens with zero attached hydrogens (tertiary/aromatic N) is 4. The number of fused-ring (bicyclic) bond motifs is 1. The highest BCUT2D eigenvalue weighted by atomic mass is 19.4. The summed E-state index contributed by atoms with van der Waals surface area (Å²) in [6.07, 6.45) is 0.689. The number of nitrogens with one attached hydrogen (secondary N) is 1. The lowest BCUT2D eigenvalue weighted by Gasteiger charge is -2.39. The van der Waals surface area contributed by atoms with E-state index in [1.807, 2.05) is 32.7 Å². The van der Waals surface area contributed by atoms with Crippen molar-refractivity contribution in [1.29, 1.82) is 0 Å². The van der Waals surface area contributed by atoms with Crippen molar-refractivity contribution in [3.05, 3.63) is 35.7 Å². The topological polar surface area (TPSA) is 63.1 Å². The van der Waals surface area contributed by atoms with E-state index in [-0.39, 0.29) is 40.1 Å². The van der Waals surface area contributed by atoms with Crippen LogP contribution in [-0.2, 0) is 23.9 Å².